The van der Waals surface area contributed by atoms with E-state index in [1.54, 1.807) is 0 Å². The van der Waals surface area contributed by atoms with Gasteiger partial charge in [0.1, 0.15) is 0 Å². The van der Waals surface area contributed by atoms with Crippen molar-refractivity contribution in [2.45, 2.75) is 20.7 Å². The average molecular weight is 184 g/mol. The maximum absolute atomic E-state index is 2.24. The Kier molecular flexibility index (Phi) is 4.25. The molecule has 0 radical (unpaired) electrons. The summed E-state index contributed by atoms with van der Waals surface area (Å²) < 4.78 is 0. The quantitative estimate of drug-likeness (QED) is 0.500. The van der Waals surface area contributed by atoms with Crippen molar-refractivity contribution in [2.24, 2.45) is 0 Å². The van der Waals surface area contributed by atoms with Crippen LogP contribution < -0.4 is 5.46 Å². The zero-order valence-corrected chi connectivity index (χ0v) is 9.20. The van der Waals surface area contributed by atoms with E-state index in [4.69, 9.17) is 0 Å². The van der Waals surface area contributed by atoms with Gasteiger partial charge in [0.25, 0.3) is 0 Å². The molecule has 0 heterocycles. The summed E-state index contributed by atoms with van der Waals surface area (Å²) in [6.45, 7) is 6.96. The average Bonchev–Trinajstić information content (AvgIpc) is 2.26. The SMILES string of the molecule is CC=CC=C(C)B(C)c1ccccc1. The highest BCUT2D eigenvalue weighted by molar-refractivity contribution is 6.78. The molecule has 1 aromatic rings. The Balaban J connectivity index is 2.80. The lowest BCUT2D eigenvalue weighted by atomic mass is 9.42. The largest absolute Gasteiger partial charge is 0.200 e. The van der Waals surface area contributed by atoms with Gasteiger partial charge in [-0.25, -0.2) is 0 Å². The van der Waals surface area contributed by atoms with Gasteiger partial charge in [-0.2, -0.15) is 0 Å². The number of benzene rings is 1. The van der Waals surface area contributed by atoms with E-state index in [2.05, 4.69) is 62.3 Å². The predicted octanol–water partition coefficient (Wildman–Crippen LogP) is 3.08. The third kappa shape index (κ3) is 2.92. The Morgan fingerprint density at radius 1 is 1.21 bits per heavy atom. The van der Waals surface area contributed by atoms with Crippen LogP contribution >= 0.6 is 0 Å². The highest BCUT2D eigenvalue weighted by atomic mass is 13.9. The molecule has 0 aromatic heterocycles. The molecule has 0 aliphatic rings. The fraction of sp³-hybridized carbons (Fsp3) is 0.231. The van der Waals surface area contributed by atoms with Crippen molar-refractivity contribution in [3.8, 4) is 0 Å². The first-order chi connectivity index (χ1) is 6.75. The van der Waals surface area contributed by atoms with Crippen LogP contribution in [0.2, 0.25) is 6.82 Å². The van der Waals surface area contributed by atoms with Crippen LogP contribution in [0.1, 0.15) is 13.8 Å². The van der Waals surface area contributed by atoms with Crippen LogP contribution in [0.3, 0.4) is 0 Å². The van der Waals surface area contributed by atoms with Gasteiger partial charge in [0.15, 0.2) is 0 Å². The fourth-order valence-electron chi connectivity index (χ4n) is 1.40. The minimum Gasteiger partial charge on any atom is -0.0988 e. The summed E-state index contributed by atoms with van der Waals surface area (Å²) in [4.78, 5) is 0. The zero-order chi connectivity index (χ0) is 10.4. The second-order valence-electron chi connectivity index (χ2n) is 3.57. The lowest BCUT2D eigenvalue weighted by molar-refractivity contribution is 1.59. The maximum atomic E-state index is 2.24. The van der Waals surface area contributed by atoms with Crippen molar-refractivity contribution in [3.63, 3.8) is 0 Å². The second kappa shape index (κ2) is 5.49. The van der Waals surface area contributed by atoms with Crippen LogP contribution in [0.25, 0.3) is 0 Å². The molecule has 0 N–H and O–H groups in total. The number of allylic oxidation sites excluding steroid dienone is 4. The summed E-state index contributed by atoms with van der Waals surface area (Å²) in [6, 6.07) is 10.6. The molecule has 0 aliphatic carbocycles. The molecule has 0 fully saturated rings. The van der Waals surface area contributed by atoms with E-state index in [-0.39, 0.29) is 0 Å². The summed E-state index contributed by atoms with van der Waals surface area (Å²) in [7, 11) is 0. The predicted molar refractivity (Wildman–Crippen MR) is 66.3 cm³/mol. The van der Waals surface area contributed by atoms with Crippen molar-refractivity contribution in [2.75, 3.05) is 0 Å². The Morgan fingerprint density at radius 3 is 2.43 bits per heavy atom. The molecule has 0 unspecified atom stereocenters. The molecule has 0 spiro atoms. The minimum absolute atomic E-state index is 0.507. The van der Waals surface area contributed by atoms with Gasteiger partial charge in [0.05, 0.1) is 0 Å². The molecule has 72 valence electrons. The Labute approximate surface area is 87.4 Å². The molecule has 0 nitrogen and oxygen atoms in total. The lowest BCUT2D eigenvalue weighted by Gasteiger charge is -2.08. The van der Waals surface area contributed by atoms with Crippen LogP contribution in [-0.4, -0.2) is 6.71 Å². The van der Waals surface area contributed by atoms with Gasteiger partial charge in [-0.15, -0.1) is 0 Å². The van der Waals surface area contributed by atoms with Gasteiger partial charge in [0.2, 0.25) is 6.71 Å². The first-order valence-electron chi connectivity index (χ1n) is 5.10. The smallest absolute Gasteiger partial charge is 0.0988 e. The molecule has 1 aromatic carbocycles. The first kappa shape index (κ1) is 10.8. The summed E-state index contributed by atoms with van der Waals surface area (Å²) in [6.07, 6.45) is 6.33. The van der Waals surface area contributed by atoms with Gasteiger partial charge >= 0.3 is 0 Å². The van der Waals surface area contributed by atoms with Crippen molar-refractivity contribution in [1.82, 2.24) is 0 Å². The van der Waals surface area contributed by atoms with Crippen LogP contribution in [0, 0.1) is 0 Å². The number of hydrogen-bond donors (Lipinski definition) is 0. The van der Waals surface area contributed by atoms with Gasteiger partial charge in [-0.1, -0.05) is 73.2 Å². The highest BCUT2D eigenvalue weighted by Crippen LogP contribution is 2.01. The molecule has 1 heteroatoms. The van der Waals surface area contributed by atoms with Crippen molar-refractivity contribution in [1.29, 1.82) is 0 Å². The van der Waals surface area contributed by atoms with Crippen LogP contribution in [-0.2, 0) is 0 Å². The molecule has 0 amide bonds. The van der Waals surface area contributed by atoms with Gasteiger partial charge < -0.3 is 0 Å². The standard InChI is InChI=1S/C13H17B/c1-4-5-9-12(2)14(3)13-10-7-6-8-11-13/h4-11H,1-3H3. The fourth-order valence-corrected chi connectivity index (χ4v) is 1.40. The van der Waals surface area contributed by atoms with E-state index in [1.807, 2.05) is 6.92 Å². The Bertz CT molecular complexity index is 322. The zero-order valence-electron chi connectivity index (χ0n) is 9.20. The van der Waals surface area contributed by atoms with Gasteiger partial charge in [-0.3, -0.25) is 0 Å². The molecular formula is C13H17B. The summed E-state index contributed by atoms with van der Waals surface area (Å²) >= 11 is 0. The van der Waals surface area contributed by atoms with E-state index in [9.17, 15) is 0 Å². The molecule has 14 heavy (non-hydrogen) atoms. The number of hydrogen-bond acceptors (Lipinski definition) is 0. The van der Waals surface area contributed by atoms with E-state index in [0.29, 0.717) is 6.71 Å². The van der Waals surface area contributed by atoms with Crippen LogP contribution in [0.5, 0.6) is 0 Å². The Hall–Kier alpha value is -1.24. The monoisotopic (exact) mass is 184 g/mol. The summed E-state index contributed by atoms with van der Waals surface area (Å²) in [5, 5.41) is 0. The molecular weight excluding hydrogens is 167 g/mol. The molecule has 0 bridgehead atoms. The molecule has 0 saturated carbocycles. The molecule has 0 saturated heterocycles. The third-order valence-electron chi connectivity index (χ3n) is 2.53. The van der Waals surface area contributed by atoms with Crippen molar-refractivity contribution < 1.29 is 0 Å². The number of rotatable bonds is 3. The topological polar surface area (TPSA) is 0 Å². The van der Waals surface area contributed by atoms with Gasteiger partial charge in [0, 0.05) is 0 Å². The van der Waals surface area contributed by atoms with Crippen molar-refractivity contribution >= 4 is 12.2 Å². The van der Waals surface area contributed by atoms with Crippen LogP contribution in [0.4, 0.5) is 0 Å². The van der Waals surface area contributed by atoms with E-state index in [0.717, 1.165) is 0 Å². The Morgan fingerprint density at radius 2 is 1.86 bits per heavy atom. The maximum Gasteiger partial charge on any atom is 0.200 e. The third-order valence-corrected chi connectivity index (χ3v) is 2.53. The second-order valence-corrected chi connectivity index (χ2v) is 3.57. The molecule has 1 rings (SSSR count). The van der Waals surface area contributed by atoms with Crippen LogP contribution in [0.15, 0.2) is 54.0 Å². The van der Waals surface area contributed by atoms with E-state index < -0.39 is 0 Å². The van der Waals surface area contributed by atoms with Crippen molar-refractivity contribution in [3.05, 3.63) is 54.0 Å². The van der Waals surface area contributed by atoms with Gasteiger partial charge in [-0.05, 0) is 6.92 Å². The summed E-state index contributed by atoms with van der Waals surface area (Å²) in [5.74, 6) is 0. The molecule has 0 atom stereocenters. The van der Waals surface area contributed by atoms with E-state index >= 15 is 0 Å². The minimum atomic E-state index is 0.507. The molecule has 0 aliphatic heterocycles. The normalized spacial score (nSPS) is 12.1. The van der Waals surface area contributed by atoms with E-state index in [1.165, 1.54) is 10.9 Å². The highest BCUT2D eigenvalue weighted by Gasteiger charge is 2.09. The summed E-state index contributed by atoms with van der Waals surface area (Å²) in [5.41, 5.74) is 2.78. The lowest BCUT2D eigenvalue weighted by Crippen LogP contribution is -2.27. The first-order valence-corrected chi connectivity index (χ1v) is 5.10.